The molecule has 3 aliphatic heterocycles. The summed E-state index contributed by atoms with van der Waals surface area (Å²) in [6, 6.07) is 6.12. The first-order chi connectivity index (χ1) is 17.0. The monoisotopic (exact) mass is 520 g/mol. The van der Waals surface area contributed by atoms with Crippen molar-refractivity contribution in [3.05, 3.63) is 18.2 Å². The van der Waals surface area contributed by atoms with E-state index in [0.29, 0.717) is 13.0 Å². The Kier molecular flexibility index (Phi) is 11.3. The van der Waals surface area contributed by atoms with Crippen molar-refractivity contribution in [3.8, 4) is 0 Å². The zero-order chi connectivity index (χ0) is 26.9. The van der Waals surface area contributed by atoms with Gasteiger partial charge in [0.1, 0.15) is 5.84 Å². The van der Waals surface area contributed by atoms with Gasteiger partial charge in [0.05, 0.1) is 41.5 Å². The second-order valence-corrected chi connectivity index (χ2v) is 10.7. The molecule has 1 aromatic rings. The Labute approximate surface area is 220 Å². The third kappa shape index (κ3) is 7.24. The lowest BCUT2D eigenvalue weighted by molar-refractivity contribution is -0.130. The molecule has 4 rings (SSSR count). The number of benzene rings is 1. The van der Waals surface area contributed by atoms with Crippen LogP contribution in [-0.2, 0) is 23.6 Å². The van der Waals surface area contributed by atoms with Crippen LogP contribution in [0.2, 0.25) is 0 Å². The van der Waals surface area contributed by atoms with E-state index in [4.69, 9.17) is 19.1 Å². The van der Waals surface area contributed by atoms with Crippen molar-refractivity contribution in [1.29, 1.82) is 0 Å². The molecule has 2 N–H and O–H groups in total. The van der Waals surface area contributed by atoms with E-state index in [-0.39, 0.29) is 30.3 Å². The molecule has 0 bridgehead atoms. The summed E-state index contributed by atoms with van der Waals surface area (Å²) >= 11 is 1.54. The molecule has 0 spiro atoms. The fraction of sp³-hybridized carbons (Fsp3) is 0.640. The van der Waals surface area contributed by atoms with Crippen molar-refractivity contribution < 1.29 is 23.6 Å². The van der Waals surface area contributed by atoms with Crippen LogP contribution < -0.4 is 15.5 Å². The largest absolute Gasteiger partial charge is 0.494 e. The van der Waals surface area contributed by atoms with E-state index < -0.39 is 0 Å². The van der Waals surface area contributed by atoms with Crippen LogP contribution in [0, 0.1) is 0 Å². The third-order valence-corrected chi connectivity index (χ3v) is 7.19. The van der Waals surface area contributed by atoms with Crippen LogP contribution in [0.1, 0.15) is 60.8 Å². The van der Waals surface area contributed by atoms with Crippen molar-refractivity contribution in [2.75, 3.05) is 27.2 Å². The summed E-state index contributed by atoms with van der Waals surface area (Å²) in [5, 5.41) is 2.95. The number of carbonyl (C=O) groups excluding carboxylic acids is 2. The van der Waals surface area contributed by atoms with E-state index in [1.165, 1.54) is 25.5 Å². The van der Waals surface area contributed by atoms with Crippen LogP contribution in [-0.4, -0.2) is 74.7 Å². The summed E-state index contributed by atoms with van der Waals surface area (Å²) < 4.78 is 19.6. The number of methoxy groups -OCH3 is 1. The lowest BCUT2D eigenvalue weighted by Crippen LogP contribution is -2.47. The number of hydrogen-bond donors (Lipinski definition) is 2. The molecular formula is C25H41BN4O5S. The highest BCUT2D eigenvalue weighted by atomic mass is 32.2. The summed E-state index contributed by atoms with van der Waals surface area (Å²) in [5.41, 5.74) is 1.17. The maximum absolute atomic E-state index is 12.4. The Bertz CT molecular complexity index is 912. The quantitative estimate of drug-likeness (QED) is 0.347. The number of hydrogen-bond acceptors (Lipinski definition) is 9. The molecule has 1 amide bonds. The SMILES string of the molecule is CCC.CNCC(=O)N1CCC[C@H]1C1=Nc2ccc(B3OC(C)(C)C(C)(C)O3)cc2SN1.COC=O. The number of likely N-dealkylation sites (tertiary alicyclic amines) is 1. The van der Waals surface area contributed by atoms with Crippen LogP contribution in [0.3, 0.4) is 0 Å². The Morgan fingerprint density at radius 1 is 1.31 bits per heavy atom. The van der Waals surface area contributed by atoms with Crippen molar-refractivity contribution in [3.63, 3.8) is 0 Å². The lowest BCUT2D eigenvalue weighted by atomic mass is 9.79. The van der Waals surface area contributed by atoms with Gasteiger partial charge >= 0.3 is 7.12 Å². The summed E-state index contributed by atoms with van der Waals surface area (Å²) in [7, 11) is 2.72. The summed E-state index contributed by atoms with van der Waals surface area (Å²) in [6.07, 6.45) is 3.18. The Hall–Kier alpha value is -2.08. The molecule has 3 aliphatic rings. The van der Waals surface area contributed by atoms with Gasteiger partial charge in [0.2, 0.25) is 5.91 Å². The Balaban J connectivity index is 0.000000583. The average Bonchev–Trinajstić information content (AvgIpc) is 3.41. The molecule has 0 radical (unpaired) electrons. The minimum Gasteiger partial charge on any atom is -0.471 e. The van der Waals surface area contributed by atoms with Gasteiger partial charge in [-0.25, -0.2) is 4.99 Å². The number of likely N-dealkylation sites (N-methyl/N-ethyl adjacent to an activating group) is 1. The van der Waals surface area contributed by atoms with E-state index in [0.717, 1.165) is 41.3 Å². The highest BCUT2D eigenvalue weighted by Crippen LogP contribution is 2.38. The van der Waals surface area contributed by atoms with Crippen molar-refractivity contribution in [2.45, 2.75) is 82.9 Å². The number of rotatable bonds is 5. The standard InChI is InChI=1S/C20H29BN4O3S.C3H8.C2H4O2/c1-19(2)20(3,4)28-21(27-19)13-8-9-14-16(11-13)29-24-18(23-14)15-7-6-10-25(15)17(26)12-22-5;1-3-2;1-4-2-3/h8-9,11,15,22H,6-7,10,12H2,1-5H3,(H,23,24);3H2,1-2H3;2H,1H3/t15-;;/m0../s1. The van der Waals surface area contributed by atoms with Gasteiger partial charge in [0.15, 0.2) is 0 Å². The maximum atomic E-state index is 12.4. The predicted octanol–water partition coefficient (Wildman–Crippen LogP) is 3.04. The highest BCUT2D eigenvalue weighted by molar-refractivity contribution is 7.98. The van der Waals surface area contributed by atoms with E-state index in [1.54, 1.807) is 7.05 Å². The Morgan fingerprint density at radius 3 is 2.47 bits per heavy atom. The minimum absolute atomic E-state index is 0.0132. The lowest BCUT2D eigenvalue weighted by Gasteiger charge is -2.32. The van der Waals surface area contributed by atoms with Gasteiger partial charge in [-0.3, -0.25) is 9.59 Å². The third-order valence-electron chi connectivity index (χ3n) is 6.33. The van der Waals surface area contributed by atoms with Crippen molar-refractivity contribution in [1.82, 2.24) is 14.9 Å². The zero-order valence-electron chi connectivity index (χ0n) is 22.8. The van der Waals surface area contributed by atoms with Gasteiger partial charge in [-0.15, -0.1) is 0 Å². The van der Waals surface area contributed by atoms with E-state index in [1.807, 2.05) is 17.0 Å². The van der Waals surface area contributed by atoms with Gasteiger partial charge in [-0.05, 0) is 77.1 Å². The molecule has 2 saturated heterocycles. The maximum Gasteiger partial charge on any atom is 0.494 e. The first-order valence-electron chi connectivity index (χ1n) is 12.5. The molecule has 36 heavy (non-hydrogen) atoms. The molecule has 0 unspecified atom stereocenters. The van der Waals surface area contributed by atoms with Gasteiger partial charge in [0.25, 0.3) is 6.47 Å². The second kappa shape index (κ2) is 13.5. The first kappa shape index (κ1) is 30.2. The summed E-state index contributed by atoms with van der Waals surface area (Å²) in [5.74, 6) is 0.972. The number of nitrogens with one attached hydrogen (secondary N) is 2. The predicted molar refractivity (Wildman–Crippen MR) is 146 cm³/mol. The van der Waals surface area contributed by atoms with Crippen LogP contribution in [0.5, 0.6) is 0 Å². The minimum atomic E-state index is -0.388. The highest BCUT2D eigenvalue weighted by Gasteiger charge is 2.51. The Morgan fingerprint density at radius 2 is 1.92 bits per heavy atom. The molecule has 0 saturated carbocycles. The van der Waals surface area contributed by atoms with Gasteiger partial charge in [-0.1, -0.05) is 26.3 Å². The van der Waals surface area contributed by atoms with Gasteiger partial charge < -0.3 is 29.0 Å². The number of amides is 1. The topological polar surface area (TPSA) is 101 Å². The van der Waals surface area contributed by atoms with Crippen molar-refractivity contribution in [2.24, 2.45) is 4.99 Å². The van der Waals surface area contributed by atoms with E-state index in [2.05, 4.69) is 62.4 Å². The first-order valence-corrected chi connectivity index (χ1v) is 13.3. The molecule has 9 nitrogen and oxygen atoms in total. The van der Waals surface area contributed by atoms with E-state index >= 15 is 0 Å². The van der Waals surface area contributed by atoms with Crippen molar-refractivity contribution >= 4 is 48.4 Å². The molecule has 1 aromatic carbocycles. The number of ether oxygens (including phenoxy) is 1. The average molecular weight is 521 g/mol. The molecule has 0 aromatic heterocycles. The number of fused-ring (bicyclic) bond motifs is 1. The number of aliphatic imine (C=N–C) groups is 1. The molecule has 11 heteroatoms. The van der Waals surface area contributed by atoms with Crippen LogP contribution in [0.15, 0.2) is 28.1 Å². The number of nitrogens with zero attached hydrogens (tertiary/aromatic N) is 2. The fourth-order valence-corrected chi connectivity index (χ4v) is 4.64. The normalized spacial score (nSPS) is 21.1. The van der Waals surface area contributed by atoms with Crippen LogP contribution in [0.4, 0.5) is 5.69 Å². The zero-order valence-corrected chi connectivity index (χ0v) is 23.7. The summed E-state index contributed by atoms with van der Waals surface area (Å²) in [6.45, 7) is 14.0. The fourth-order valence-electron chi connectivity index (χ4n) is 3.84. The molecular weight excluding hydrogens is 479 g/mol. The molecule has 3 heterocycles. The number of amidine groups is 1. The van der Waals surface area contributed by atoms with Crippen LogP contribution in [0.25, 0.3) is 0 Å². The molecule has 0 aliphatic carbocycles. The van der Waals surface area contributed by atoms with Crippen LogP contribution >= 0.6 is 11.9 Å². The molecule has 200 valence electrons. The summed E-state index contributed by atoms with van der Waals surface area (Å²) in [4.78, 5) is 29.1. The van der Waals surface area contributed by atoms with Gasteiger partial charge in [0, 0.05) is 6.54 Å². The second-order valence-electron chi connectivity index (χ2n) is 9.83. The van der Waals surface area contributed by atoms with Gasteiger partial charge in [-0.2, -0.15) is 0 Å². The van der Waals surface area contributed by atoms with E-state index in [9.17, 15) is 4.79 Å². The smallest absolute Gasteiger partial charge is 0.471 e. The molecule has 2 fully saturated rings. The molecule has 1 atom stereocenters. The number of carbonyl (C=O) groups is 2.